The summed E-state index contributed by atoms with van der Waals surface area (Å²) in [6.07, 6.45) is 3.34. The Kier molecular flexibility index (Phi) is 4.60. The van der Waals surface area contributed by atoms with Crippen LogP contribution >= 0.6 is 0 Å². The van der Waals surface area contributed by atoms with E-state index in [1.807, 2.05) is 19.9 Å². The first-order chi connectivity index (χ1) is 8.97. The number of rotatable bonds is 7. The predicted octanol–water partition coefficient (Wildman–Crippen LogP) is 1.72. The van der Waals surface area contributed by atoms with Gasteiger partial charge in [0.15, 0.2) is 0 Å². The predicted molar refractivity (Wildman–Crippen MR) is 76.7 cm³/mol. The maximum Gasteiger partial charge on any atom is 0.240 e. The number of hydrogen-bond donors (Lipinski definition) is 2. The van der Waals surface area contributed by atoms with Crippen LogP contribution < -0.4 is 10.0 Å². The van der Waals surface area contributed by atoms with Crippen LogP contribution in [-0.4, -0.2) is 27.5 Å². The molecule has 0 spiro atoms. The SMILES string of the molecule is Cc1cc(C)cc(S(=O)(=O)NCCCNC2CC2)c1. The van der Waals surface area contributed by atoms with Crippen LogP contribution in [0.15, 0.2) is 23.1 Å². The standard InChI is InChI=1S/C14H22N2O2S/c1-11-8-12(2)10-14(9-11)19(17,18)16-7-3-6-15-13-4-5-13/h8-10,13,15-16H,3-7H2,1-2H3. The summed E-state index contributed by atoms with van der Waals surface area (Å²) in [6.45, 7) is 5.17. The van der Waals surface area contributed by atoms with Gasteiger partial charge in [-0.1, -0.05) is 6.07 Å². The van der Waals surface area contributed by atoms with Gasteiger partial charge in [-0.05, 0) is 62.9 Å². The molecule has 0 unspecified atom stereocenters. The number of sulfonamides is 1. The Bertz CT molecular complexity index is 516. The van der Waals surface area contributed by atoms with Crippen LogP contribution in [0.1, 0.15) is 30.4 Å². The topological polar surface area (TPSA) is 58.2 Å². The summed E-state index contributed by atoms with van der Waals surface area (Å²) in [6, 6.07) is 6.06. The third kappa shape index (κ3) is 4.60. The first-order valence-electron chi connectivity index (χ1n) is 6.79. The van der Waals surface area contributed by atoms with E-state index in [0.717, 1.165) is 24.1 Å². The molecule has 0 aromatic heterocycles. The second kappa shape index (κ2) is 6.03. The maximum absolute atomic E-state index is 12.1. The highest BCUT2D eigenvalue weighted by Gasteiger charge is 2.19. The fourth-order valence-electron chi connectivity index (χ4n) is 2.06. The molecule has 1 fully saturated rings. The van der Waals surface area contributed by atoms with E-state index in [4.69, 9.17) is 0 Å². The van der Waals surface area contributed by atoms with Crippen molar-refractivity contribution in [2.75, 3.05) is 13.1 Å². The van der Waals surface area contributed by atoms with Gasteiger partial charge in [0.05, 0.1) is 4.90 Å². The lowest BCUT2D eigenvalue weighted by Crippen LogP contribution is -2.28. The quantitative estimate of drug-likeness (QED) is 0.749. The molecule has 0 atom stereocenters. The molecule has 106 valence electrons. The van der Waals surface area contributed by atoms with E-state index in [1.165, 1.54) is 12.8 Å². The molecular formula is C14H22N2O2S. The zero-order valence-electron chi connectivity index (χ0n) is 11.6. The Morgan fingerprint density at radius 1 is 1.11 bits per heavy atom. The minimum Gasteiger partial charge on any atom is -0.314 e. The van der Waals surface area contributed by atoms with E-state index in [2.05, 4.69) is 10.0 Å². The molecule has 1 aliphatic rings. The molecule has 0 heterocycles. The van der Waals surface area contributed by atoms with E-state index >= 15 is 0 Å². The van der Waals surface area contributed by atoms with Gasteiger partial charge in [-0.25, -0.2) is 13.1 Å². The first-order valence-corrected chi connectivity index (χ1v) is 8.27. The summed E-state index contributed by atoms with van der Waals surface area (Å²) in [5.74, 6) is 0. The van der Waals surface area contributed by atoms with Crippen molar-refractivity contribution in [1.82, 2.24) is 10.0 Å². The smallest absolute Gasteiger partial charge is 0.240 e. The van der Waals surface area contributed by atoms with Crippen molar-refractivity contribution in [2.45, 2.75) is 44.0 Å². The van der Waals surface area contributed by atoms with Gasteiger partial charge in [0.2, 0.25) is 10.0 Å². The number of benzene rings is 1. The highest BCUT2D eigenvalue weighted by Crippen LogP contribution is 2.18. The second-order valence-electron chi connectivity index (χ2n) is 5.30. The lowest BCUT2D eigenvalue weighted by Gasteiger charge is -2.09. The molecule has 0 amide bonds. The monoisotopic (exact) mass is 282 g/mol. The Hall–Kier alpha value is -0.910. The molecule has 1 aromatic rings. The number of nitrogens with one attached hydrogen (secondary N) is 2. The van der Waals surface area contributed by atoms with Crippen LogP contribution in [0, 0.1) is 13.8 Å². The molecule has 5 heteroatoms. The van der Waals surface area contributed by atoms with E-state index in [-0.39, 0.29) is 0 Å². The van der Waals surface area contributed by atoms with Crippen LogP contribution in [-0.2, 0) is 10.0 Å². The molecule has 2 N–H and O–H groups in total. The summed E-state index contributed by atoms with van der Waals surface area (Å²) in [4.78, 5) is 0.361. The Morgan fingerprint density at radius 3 is 2.32 bits per heavy atom. The molecule has 4 nitrogen and oxygen atoms in total. The van der Waals surface area contributed by atoms with Crippen molar-refractivity contribution in [3.63, 3.8) is 0 Å². The minimum absolute atomic E-state index is 0.361. The van der Waals surface area contributed by atoms with E-state index < -0.39 is 10.0 Å². The molecule has 1 saturated carbocycles. The number of aryl methyl sites for hydroxylation is 2. The molecule has 0 saturated heterocycles. The Labute approximate surface area is 115 Å². The molecular weight excluding hydrogens is 260 g/mol. The molecule has 2 rings (SSSR count). The summed E-state index contributed by atoms with van der Waals surface area (Å²) in [5.41, 5.74) is 1.94. The van der Waals surface area contributed by atoms with Gasteiger partial charge < -0.3 is 5.32 Å². The third-order valence-electron chi connectivity index (χ3n) is 3.16. The molecule has 0 radical (unpaired) electrons. The van der Waals surface area contributed by atoms with Crippen LogP contribution in [0.2, 0.25) is 0 Å². The van der Waals surface area contributed by atoms with E-state index in [1.54, 1.807) is 12.1 Å². The van der Waals surface area contributed by atoms with Gasteiger partial charge in [0.1, 0.15) is 0 Å². The van der Waals surface area contributed by atoms with Crippen molar-refractivity contribution in [1.29, 1.82) is 0 Å². The largest absolute Gasteiger partial charge is 0.314 e. The van der Waals surface area contributed by atoms with Crippen LogP contribution in [0.25, 0.3) is 0 Å². The summed E-state index contributed by atoms with van der Waals surface area (Å²) in [5, 5.41) is 3.37. The van der Waals surface area contributed by atoms with Crippen molar-refractivity contribution < 1.29 is 8.42 Å². The second-order valence-corrected chi connectivity index (χ2v) is 7.07. The molecule has 19 heavy (non-hydrogen) atoms. The molecule has 0 aliphatic heterocycles. The third-order valence-corrected chi connectivity index (χ3v) is 4.60. The summed E-state index contributed by atoms with van der Waals surface area (Å²) < 4.78 is 26.9. The van der Waals surface area contributed by atoms with Gasteiger partial charge in [-0.3, -0.25) is 0 Å². The highest BCUT2D eigenvalue weighted by molar-refractivity contribution is 7.89. The van der Waals surface area contributed by atoms with Gasteiger partial charge >= 0.3 is 0 Å². The zero-order chi connectivity index (χ0) is 13.9. The van der Waals surface area contributed by atoms with Gasteiger partial charge in [0.25, 0.3) is 0 Å². The first kappa shape index (κ1) is 14.5. The van der Waals surface area contributed by atoms with E-state index in [0.29, 0.717) is 17.5 Å². The van der Waals surface area contributed by atoms with Crippen molar-refractivity contribution in [2.24, 2.45) is 0 Å². The lowest BCUT2D eigenvalue weighted by molar-refractivity contribution is 0.573. The molecule has 1 aromatic carbocycles. The van der Waals surface area contributed by atoms with Crippen LogP contribution in [0.5, 0.6) is 0 Å². The van der Waals surface area contributed by atoms with Crippen LogP contribution in [0.3, 0.4) is 0 Å². The number of hydrogen-bond acceptors (Lipinski definition) is 3. The van der Waals surface area contributed by atoms with Crippen molar-refractivity contribution >= 4 is 10.0 Å². The van der Waals surface area contributed by atoms with Gasteiger partial charge in [-0.15, -0.1) is 0 Å². The minimum atomic E-state index is -3.37. The normalized spacial score (nSPS) is 15.7. The van der Waals surface area contributed by atoms with Crippen molar-refractivity contribution in [3.05, 3.63) is 29.3 Å². The lowest BCUT2D eigenvalue weighted by atomic mass is 10.2. The average Bonchev–Trinajstić information content (AvgIpc) is 3.11. The highest BCUT2D eigenvalue weighted by atomic mass is 32.2. The molecule has 1 aliphatic carbocycles. The molecule has 0 bridgehead atoms. The Balaban J connectivity index is 1.85. The maximum atomic E-state index is 12.1. The Morgan fingerprint density at radius 2 is 1.74 bits per heavy atom. The zero-order valence-corrected chi connectivity index (χ0v) is 12.4. The average molecular weight is 282 g/mol. The fraction of sp³-hybridized carbons (Fsp3) is 0.571. The van der Waals surface area contributed by atoms with Crippen LogP contribution in [0.4, 0.5) is 0 Å². The van der Waals surface area contributed by atoms with Gasteiger partial charge in [0, 0.05) is 12.6 Å². The van der Waals surface area contributed by atoms with Gasteiger partial charge in [-0.2, -0.15) is 0 Å². The van der Waals surface area contributed by atoms with Crippen molar-refractivity contribution in [3.8, 4) is 0 Å². The summed E-state index contributed by atoms with van der Waals surface area (Å²) >= 11 is 0. The summed E-state index contributed by atoms with van der Waals surface area (Å²) in [7, 11) is -3.37. The van der Waals surface area contributed by atoms with E-state index in [9.17, 15) is 8.42 Å². The fourth-order valence-corrected chi connectivity index (χ4v) is 3.32.